The summed E-state index contributed by atoms with van der Waals surface area (Å²) in [5.74, 6) is 2.84. The maximum Gasteiger partial charge on any atom is 0.254 e. The second-order valence-electron chi connectivity index (χ2n) is 22.7. The predicted octanol–water partition coefficient (Wildman–Crippen LogP) is 8.22. The predicted molar refractivity (Wildman–Crippen MR) is 294 cm³/mol. The number of amides is 2. The average molecular weight is 1010 g/mol. The number of fused-ring (bicyclic) bond motifs is 3. The van der Waals surface area contributed by atoms with E-state index in [9.17, 15) is 14.7 Å². The number of hydrogen-bond acceptors (Lipinski definition) is 14. The highest BCUT2D eigenvalue weighted by atomic mass is 32.2. The van der Waals surface area contributed by atoms with Crippen LogP contribution in [-0.4, -0.2) is 130 Å². The molecule has 0 bridgehead atoms. The van der Waals surface area contributed by atoms with Gasteiger partial charge < -0.3 is 25.5 Å². The van der Waals surface area contributed by atoms with E-state index in [1.807, 2.05) is 20.8 Å². The first kappa shape index (κ1) is 53.5. The molecule has 394 valence electrons. The van der Waals surface area contributed by atoms with Crippen molar-refractivity contribution in [2.45, 2.75) is 155 Å². The number of nitrogens with one attached hydrogen (secondary N) is 4. The van der Waals surface area contributed by atoms with Crippen LogP contribution >= 0.6 is 11.8 Å². The highest BCUT2D eigenvalue weighted by molar-refractivity contribution is 8.00. The van der Waals surface area contributed by atoms with Gasteiger partial charge in [-0.2, -0.15) is 5.26 Å². The number of likely N-dealkylation sites (tertiary alicyclic amines) is 1. The summed E-state index contributed by atoms with van der Waals surface area (Å²) in [6, 6.07) is 16.6. The van der Waals surface area contributed by atoms with Gasteiger partial charge in [-0.1, -0.05) is 67.5 Å². The minimum atomic E-state index is -0.194. The molecule has 4 saturated heterocycles. The number of hydrogen-bond donors (Lipinski definition) is 5. The monoisotopic (exact) mass is 1010 g/mol. The molecule has 3 aromatic rings. The van der Waals surface area contributed by atoms with Crippen LogP contribution in [0.3, 0.4) is 0 Å². The van der Waals surface area contributed by atoms with Gasteiger partial charge in [-0.3, -0.25) is 24.4 Å². The Morgan fingerprint density at radius 1 is 0.972 bits per heavy atom. The minimum absolute atomic E-state index is 0. The van der Waals surface area contributed by atoms with Crippen LogP contribution < -0.4 is 31.3 Å². The second-order valence-corrected chi connectivity index (χ2v) is 24.2. The van der Waals surface area contributed by atoms with Gasteiger partial charge in [-0.15, -0.1) is 11.8 Å². The Labute approximate surface area is 436 Å². The lowest BCUT2D eigenvalue weighted by Crippen LogP contribution is -2.63. The Bertz CT molecular complexity index is 2420. The zero-order valence-electron chi connectivity index (χ0n) is 44.8. The molecular formula is C56H86N12O3S. The van der Waals surface area contributed by atoms with E-state index in [1.165, 1.54) is 11.3 Å². The van der Waals surface area contributed by atoms with Crippen molar-refractivity contribution < 1.29 is 17.5 Å². The van der Waals surface area contributed by atoms with Crippen LogP contribution in [0.2, 0.25) is 0 Å². The molecule has 7 aliphatic rings. The number of nitrogens with zero attached hydrogens (tertiary/aromatic N) is 8. The summed E-state index contributed by atoms with van der Waals surface area (Å²) < 4.78 is 0. The molecule has 15 nitrogen and oxygen atoms in total. The summed E-state index contributed by atoms with van der Waals surface area (Å²) in [6.45, 7) is 27.5. The molecule has 1 aromatic heterocycles. The van der Waals surface area contributed by atoms with Crippen molar-refractivity contribution in [2.75, 3.05) is 56.1 Å². The third-order valence-electron chi connectivity index (χ3n) is 16.5. The van der Waals surface area contributed by atoms with E-state index in [1.54, 1.807) is 30.6 Å². The lowest BCUT2D eigenvalue weighted by molar-refractivity contribution is -0.121. The molecule has 6 fully saturated rings. The van der Waals surface area contributed by atoms with Gasteiger partial charge in [-0.25, -0.2) is 20.8 Å². The minimum Gasteiger partial charge on any atom is -0.508 e. The Kier molecular flexibility index (Phi) is 16.6. The third-order valence-corrected chi connectivity index (χ3v) is 18.2. The van der Waals surface area contributed by atoms with Crippen LogP contribution in [-0.2, 0) is 4.79 Å². The Morgan fingerprint density at radius 2 is 1.64 bits per heavy atom. The van der Waals surface area contributed by atoms with E-state index in [-0.39, 0.29) is 67.0 Å². The molecule has 2 saturated carbocycles. The first-order valence-electron chi connectivity index (χ1n) is 26.9. The molecule has 2 amide bonds. The van der Waals surface area contributed by atoms with E-state index in [0.717, 1.165) is 82.1 Å². The molecule has 6 heterocycles. The van der Waals surface area contributed by atoms with Crippen molar-refractivity contribution in [3.63, 3.8) is 0 Å². The molecule has 10 rings (SSSR count). The molecule has 6 unspecified atom stereocenters. The summed E-state index contributed by atoms with van der Waals surface area (Å²) in [7, 11) is 2.23. The van der Waals surface area contributed by atoms with E-state index >= 15 is 0 Å². The van der Waals surface area contributed by atoms with Crippen molar-refractivity contribution >= 4 is 40.9 Å². The lowest BCUT2D eigenvalue weighted by Gasteiger charge is -2.57. The van der Waals surface area contributed by atoms with E-state index < -0.39 is 0 Å². The number of thioether (sulfide) groups is 1. The van der Waals surface area contributed by atoms with Crippen molar-refractivity contribution in [3.8, 4) is 11.8 Å². The van der Waals surface area contributed by atoms with Crippen molar-refractivity contribution in [2.24, 2.45) is 33.6 Å². The molecule has 0 radical (unpaired) electrons. The van der Waals surface area contributed by atoms with E-state index in [0.29, 0.717) is 53.1 Å². The van der Waals surface area contributed by atoms with Gasteiger partial charge in [0.2, 0.25) is 11.9 Å². The number of rotatable bonds is 12. The topological polar surface area (TPSA) is 177 Å². The van der Waals surface area contributed by atoms with E-state index in [4.69, 9.17) is 10.3 Å². The molecule has 16 heteroatoms. The Morgan fingerprint density at radius 3 is 2.25 bits per heavy atom. The summed E-state index contributed by atoms with van der Waals surface area (Å²) in [6.07, 6.45) is 9.47. The van der Waals surface area contributed by atoms with Gasteiger partial charge in [0.15, 0.2) is 0 Å². The van der Waals surface area contributed by atoms with Crippen LogP contribution in [0.5, 0.6) is 5.75 Å². The molecule has 5 N–H and O–H groups in total. The van der Waals surface area contributed by atoms with Crippen molar-refractivity contribution in [1.29, 1.82) is 5.26 Å². The fourth-order valence-electron chi connectivity index (χ4n) is 12.7. The fourth-order valence-corrected chi connectivity index (χ4v) is 14.6. The number of aliphatic imine (C=N–C) groups is 1. The number of hydrazine groups is 1. The normalized spacial score (nSPS) is 27.9. The largest absolute Gasteiger partial charge is 0.508 e. The fraction of sp³-hybridized carbons (Fsp3) is 0.643. The number of nitriles is 1. The van der Waals surface area contributed by atoms with Gasteiger partial charge in [0.25, 0.3) is 5.91 Å². The van der Waals surface area contributed by atoms with Crippen molar-refractivity contribution in [1.82, 2.24) is 41.3 Å². The number of aromatic nitrogens is 2. The average Bonchev–Trinajstić information content (AvgIpc) is 4.10. The highest BCUT2D eigenvalue weighted by Crippen LogP contribution is 2.54. The Balaban J connectivity index is 0.000000484. The maximum absolute atomic E-state index is 13.0. The quantitative estimate of drug-likeness (QED) is 0.117. The van der Waals surface area contributed by atoms with Crippen LogP contribution in [0, 0.1) is 39.9 Å². The molecule has 2 aliphatic carbocycles. The molecule has 72 heavy (non-hydrogen) atoms. The van der Waals surface area contributed by atoms with Gasteiger partial charge in [-0.05, 0) is 116 Å². The molecule has 2 aromatic carbocycles. The Hall–Kier alpha value is -4.79. The number of aromatic hydroxyl groups is 1. The number of phenolic OH excluding ortho intramolecular Hbond substituents is 1. The number of likely N-dealkylation sites (N-methyl/N-ethyl adjacent to an activating group) is 1. The molecular weight excluding hydrogens is 921 g/mol. The van der Waals surface area contributed by atoms with E-state index in [2.05, 4.69) is 149 Å². The van der Waals surface area contributed by atoms with Crippen LogP contribution in [0.1, 0.15) is 144 Å². The van der Waals surface area contributed by atoms with Gasteiger partial charge in [0, 0.05) is 90.2 Å². The third kappa shape index (κ3) is 11.5. The van der Waals surface area contributed by atoms with Gasteiger partial charge in [0.05, 0.1) is 53.4 Å². The number of benzene rings is 2. The molecule has 5 aliphatic heterocycles. The summed E-state index contributed by atoms with van der Waals surface area (Å²) in [5, 5.41) is 25.0. The van der Waals surface area contributed by atoms with Crippen LogP contribution in [0.15, 0.2) is 59.9 Å². The number of anilines is 2. The number of phenols is 1. The summed E-state index contributed by atoms with van der Waals surface area (Å²) >= 11 is 2.05. The van der Waals surface area contributed by atoms with Gasteiger partial charge in [0.1, 0.15) is 5.75 Å². The maximum atomic E-state index is 13.0. The van der Waals surface area contributed by atoms with Gasteiger partial charge >= 0.3 is 0 Å². The van der Waals surface area contributed by atoms with Crippen LogP contribution in [0.25, 0.3) is 0 Å². The van der Waals surface area contributed by atoms with Crippen LogP contribution in [0.4, 0.5) is 11.6 Å². The number of piperidine rings is 1. The highest BCUT2D eigenvalue weighted by Gasteiger charge is 2.54. The zero-order valence-corrected chi connectivity index (χ0v) is 45.6. The first-order valence-corrected chi connectivity index (χ1v) is 27.8. The molecule has 7 atom stereocenters. The summed E-state index contributed by atoms with van der Waals surface area (Å²) in [4.78, 5) is 50.5. The zero-order chi connectivity index (χ0) is 51.6. The summed E-state index contributed by atoms with van der Waals surface area (Å²) in [5.41, 5.74) is 12.9. The number of carbonyl (C=O) groups is 2. The van der Waals surface area contributed by atoms with Crippen molar-refractivity contribution in [3.05, 3.63) is 77.1 Å². The molecule has 0 spiro atoms. The second kappa shape index (κ2) is 22.4. The lowest BCUT2D eigenvalue weighted by atomic mass is 9.52. The standard InChI is InChI=1S/C44H67N11O2S.C10H9NO.C2H6.2H2/c1-10-45-35(56)19-34-38-51-50-28(4)55(38)40-36(26(2)27(3)58-40)37(48-34)30-11-13-32(14-12-30)52(9)33-23-53(24-33)22-29-15-17-54(18-16-29)42-46-20-31(21-47-42)39(57)49-41-43(5,6)25-44(41,7)8;11-6-8-3-4-9(12)5-10(8)7-1-2-7;1-2;;/h11-14,20-21,26-29,33-34,36,38,40-41,50-51H,10,15-19,22-25H2,1-9H3,(H,45,56)(H,49,57);3-5,7,12H,1-2H2;1-2H3;2*1H/t26?,27?,28?,34-,36?,38?,40?;;;;/m0..../s1. The SMILES string of the molecule is CC.CCNC(=O)C[C@@H]1N=C(c2ccc(N(C)C3CN(CC4CCN(c5ncc(C(=O)NC6C(C)(C)CC6(C)C)cn5)CC4)C3)cc2)C2C(C)C(C)SC2N2C(C)NNC12.N#Cc1ccc(O)cc1C1CC1.[HH].[HH]. The smallest absolute Gasteiger partial charge is 0.254 e. The number of carbonyl (C=O) groups excluding carboxylic acids is 2. The first-order chi connectivity index (χ1) is 34.4.